The summed E-state index contributed by atoms with van der Waals surface area (Å²) < 4.78 is 5.08. The molecule has 2 aliphatic rings. The van der Waals surface area contributed by atoms with E-state index in [2.05, 4.69) is 5.92 Å². The maximum absolute atomic E-state index is 6.84. The van der Waals surface area contributed by atoms with Crippen molar-refractivity contribution in [2.75, 3.05) is 13.2 Å². The first-order valence-electron chi connectivity index (χ1n) is 3.35. The first kappa shape index (κ1) is 5.32. The van der Waals surface area contributed by atoms with Crippen molar-refractivity contribution in [3.8, 4) is 5.92 Å². The van der Waals surface area contributed by atoms with E-state index in [-0.39, 0.29) is 0 Å². The minimum Gasteiger partial charge on any atom is -0.380 e. The van der Waals surface area contributed by atoms with Gasteiger partial charge in [0.05, 0.1) is 13.2 Å². The monoisotopic (exact) mass is 121 g/mol. The highest BCUT2D eigenvalue weighted by Gasteiger charge is 2.49. The molecular formula is C8H9O. The van der Waals surface area contributed by atoms with Crippen LogP contribution >= 0.6 is 0 Å². The van der Waals surface area contributed by atoms with Gasteiger partial charge in [0.15, 0.2) is 0 Å². The first-order valence-corrected chi connectivity index (χ1v) is 3.35. The summed E-state index contributed by atoms with van der Waals surface area (Å²) in [7, 11) is 0. The van der Waals surface area contributed by atoms with Crippen LogP contribution in [0.5, 0.6) is 0 Å². The van der Waals surface area contributed by atoms with Gasteiger partial charge in [-0.2, -0.15) is 0 Å². The van der Waals surface area contributed by atoms with Crippen LogP contribution in [0, 0.1) is 23.7 Å². The standard InChI is InChI=1S/C8H9O/c1-2-7-3-8(4-7)5-9-6-8/h7H,3-6H2. The zero-order valence-corrected chi connectivity index (χ0v) is 5.31. The molecule has 1 aliphatic heterocycles. The zero-order chi connectivity index (χ0) is 6.32. The molecule has 0 aromatic heterocycles. The Bertz CT molecular complexity index is 154. The fourth-order valence-corrected chi connectivity index (χ4v) is 1.71. The third-order valence-corrected chi connectivity index (χ3v) is 2.38. The Labute approximate surface area is 55.4 Å². The SMILES string of the molecule is [C]#CC1CC2(COC2)C1. The van der Waals surface area contributed by atoms with Gasteiger partial charge in [-0.05, 0) is 19.3 Å². The van der Waals surface area contributed by atoms with Crippen LogP contribution in [0.2, 0.25) is 0 Å². The van der Waals surface area contributed by atoms with Crippen LogP contribution < -0.4 is 0 Å². The second-order valence-electron chi connectivity index (χ2n) is 3.24. The van der Waals surface area contributed by atoms with Crippen molar-refractivity contribution in [2.24, 2.45) is 11.3 Å². The second kappa shape index (κ2) is 1.52. The van der Waals surface area contributed by atoms with Crippen molar-refractivity contribution in [1.82, 2.24) is 0 Å². The molecule has 2 rings (SSSR count). The first-order chi connectivity index (χ1) is 4.35. The third-order valence-electron chi connectivity index (χ3n) is 2.38. The van der Waals surface area contributed by atoms with Gasteiger partial charge in [-0.25, -0.2) is 0 Å². The van der Waals surface area contributed by atoms with Gasteiger partial charge in [0.2, 0.25) is 0 Å². The Morgan fingerprint density at radius 2 is 2.11 bits per heavy atom. The summed E-state index contributed by atoms with van der Waals surface area (Å²) in [5.41, 5.74) is 0.513. The van der Waals surface area contributed by atoms with Gasteiger partial charge in [-0.1, -0.05) is 5.92 Å². The van der Waals surface area contributed by atoms with Crippen molar-refractivity contribution in [1.29, 1.82) is 0 Å². The molecule has 1 heteroatoms. The average Bonchev–Trinajstić information content (AvgIpc) is 1.59. The lowest BCUT2D eigenvalue weighted by molar-refractivity contribution is -0.169. The molecule has 9 heavy (non-hydrogen) atoms. The van der Waals surface area contributed by atoms with Gasteiger partial charge in [-0.15, -0.1) is 0 Å². The molecule has 1 radical (unpaired) electrons. The van der Waals surface area contributed by atoms with Crippen molar-refractivity contribution >= 4 is 0 Å². The normalized spacial score (nSPS) is 30.6. The van der Waals surface area contributed by atoms with E-state index in [1.165, 1.54) is 0 Å². The Kier molecular flexibility index (Phi) is 0.896. The lowest BCUT2D eigenvalue weighted by Gasteiger charge is -2.51. The Morgan fingerprint density at radius 1 is 1.44 bits per heavy atom. The van der Waals surface area contributed by atoms with Crippen molar-refractivity contribution in [3.63, 3.8) is 0 Å². The molecule has 2 fully saturated rings. The van der Waals surface area contributed by atoms with Gasteiger partial charge in [0, 0.05) is 11.3 Å². The van der Waals surface area contributed by atoms with E-state index < -0.39 is 0 Å². The fourth-order valence-electron chi connectivity index (χ4n) is 1.71. The van der Waals surface area contributed by atoms with Gasteiger partial charge < -0.3 is 4.74 Å². The molecule has 1 nitrogen and oxygen atoms in total. The summed E-state index contributed by atoms with van der Waals surface area (Å²) in [5, 5.41) is 0. The van der Waals surface area contributed by atoms with Crippen LogP contribution in [0.25, 0.3) is 0 Å². The Balaban J connectivity index is 1.91. The van der Waals surface area contributed by atoms with E-state index in [0.29, 0.717) is 11.3 Å². The van der Waals surface area contributed by atoms with Crippen molar-refractivity contribution < 1.29 is 4.74 Å². The summed E-state index contributed by atoms with van der Waals surface area (Å²) in [4.78, 5) is 0. The third kappa shape index (κ3) is 0.601. The maximum atomic E-state index is 6.84. The summed E-state index contributed by atoms with van der Waals surface area (Å²) in [5.74, 6) is 2.97. The molecule has 0 atom stereocenters. The number of hydrogen-bond donors (Lipinski definition) is 0. The van der Waals surface area contributed by atoms with E-state index in [9.17, 15) is 0 Å². The van der Waals surface area contributed by atoms with Crippen LogP contribution in [-0.2, 0) is 4.74 Å². The molecule has 0 amide bonds. The van der Waals surface area contributed by atoms with Crippen LogP contribution in [0.1, 0.15) is 12.8 Å². The minimum atomic E-state index is 0.453. The largest absolute Gasteiger partial charge is 0.380 e. The van der Waals surface area contributed by atoms with E-state index in [1.54, 1.807) is 0 Å². The molecule has 0 aromatic carbocycles. The quantitative estimate of drug-likeness (QED) is 0.434. The molecule has 1 heterocycles. The number of hydrogen-bond acceptors (Lipinski definition) is 1. The predicted octanol–water partition coefficient (Wildman–Crippen LogP) is 1.00. The molecule has 47 valence electrons. The lowest BCUT2D eigenvalue weighted by atomic mass is 9.61. The molecule has 0 aromatic rings. The van der Waals surface area contributed by atoms with Gasteiger partial charge in [-0.3, -0.25) is 0 Å². The molecule has 0 N–H and O–H groups in total. The summed E-state index contributed by atoms with van der Waals surface area (Å²) in [6, 6.07) is 0. The predicted molar refractivity (Wildman–Crippen MR) is 33.1 cm³/mol. The second-order valence-corrected chi connectivity index (χ2v) is 3.24. The van der Waals surface area contributed by atoms with Gasteiger partial charge >= 0.3 is 0 Å². The van der Waals surface area contributed by atoms with Crippen LogP contribution in [0.4, 0.5) is 0 Å². The highest BCUT2D eigenvalue weighted by Crippen LogP contribution is 2.50. The van der Waals surface area contributed by atoms with E-state index in [1.807, 2.05) is 0 Å². The van der Waals surface area contributed by atoms with Crippen LogP contribution in [0.3, 0.4) is 0 Å². The Morgan fingerprint density at radius 3 is 2.44 bits per heavy atom. The number of ether oxygens (including phenoxy) is 1. The number of rotatable bonds is 0. The molecule has 1 aliphatic carbocycles. The Hall–Kier alpha value is -0.480. The summed E-state index contributed by atoms with van der Waals surface area (Å²) in [6.45, 7) is 1.87. The molecule has 0 bridgehead atoms. The fraction of sp³-hybridized carbons (Fsp3) is 0.750. The summed E-state index contributed by atoms with van der Waals surface area (Å²) >= 11 is 0. The highest BCUT2D eigenvalue weighted by atomic mass is 16.5. The van der Waals surface area contributed by atoms with Crippen molar-refractivity contribution in [3.05, 3.63) is 6.42 Å². The van der Waals surface area contributed by atoms with E-state index in [0.717, 1.165) is 26.1 Å². The average molecular weight is 121 g/mol. The molecular weight excluding hydrogens is 112 g/mol. The molecule has 1 saturated heterocycles. The summed E-state index contributed by atoms with van der Waals surface area (Å²) in [6.07, 6.45) is 9.14. The van der Waals surface area contributed by atoms with E-state index >= 15 is 0 Å². The van der Waals surface area contributed by atoms with Gasteiger partial charge in [0.1, 0.15) is 0 Å². The topological polar surface area (TPSA) is 9.23 Å². The molecule has 1 saturated carbocycles. The zero-order valence-electron chi connectivity index (χ0n) is 5.31. The van der Waals surface area contributed by atoms with Crippen LogP contribution in [0.15, 0.2) is 0 Å². The minimum absolute atomic E-state index is 0.453. The molecule has 1 spiro atoms. The van der Waals surface area contributed by atoms with Crippen LogP contribution in [-0.4, -0.2) is 13.2 Å². The van der Waals surface area contributed by atoms with E-state index in [4.69, 9.17) is 11.2 Å². The lowest BCUT2D eigenvalue weighted by Crippen LogP contribution is -2.51. The smallest absolute Gasteiger partial charge is 0.0545 e. The van der Waals surface area contributed by atoms with Gasteiger partial charge in [0.25, 0.3) is 0 Å². The van der Waals surface area contributed by atoms with Crippen molar-refractivity contribution in [2.45, 2.75) is 12.8 Å². The highest BCUT2D eigenvalue weighted by molar-refractivity contribution is 5.06. The maximum Gasteiger partial charge on any atom is 0.0545 e. The molecule has 0 unspecified atom stereocenters.